The van der Waals surface area contributed by atoms with E-state index < -0.39 is 0 Å². The van der Waals surface area contributed by atoms with Crippen LogP contribution in [0, 0.1) is 0 Å². The Morgan fingerprint density at radius 2 is 1.34 bits per heavy atom. The van der Waals surface area contributed by atoms with E-state index in [0.717, 1.165) is 26.5 Å². The SMILES string of the molecule is COc1ccc2ncc(OC)c(Br)c2n1.COc1cnc2ccc(OC)nc2c1. The van der Waals surface area contributed by atoms with Crippen molar-refractivity contribution in [2.75, 3.05) is 28.4 Å². The van der Waals surface area contributed by atoms with Gasteiger partial charge in [-0.2, -0.15) is 0 Å². The van der Waals surface area contributed by atoms with E-state index in [2.05, 4.69) is 35.9 Å². The van der Waals surface area contributed by atoms with E-state index in [1.165, 1.54) is 0 Å². The Kier molecular flexibility index (Phi) is 6.61. The van der Waals surface area contributed by atoms with Crippen LogP contribution in [-0.2, 0) is 0 Å². The maximum Gasteiger partial charge on any atom is 0.213 e. The molecule has 0 unspecified atom stereocenters. The lowest BCUT2D eigenvalue weighted by molar-refractivity contribution is 0.398. The molecular weight excluding hydrogens is 440 g/mol. The molecule has 0 aromatic carbocycles. The van der Waals surface area contributed by atoms with Crippen molar-refractivity contribution in [3.8, 4) is 23.3 Å². The largest absolute Gasteiger partial charge is 0.495 e. The molecule has 29 heavy (non-hydrogen) atoms. The van der Waals surface area contributed by atoms with Crippen molar-refractivity contribution in [2.24, 2.45) is 0 Å². The molecule has 0 radical (unpaired) electrons. The van der Waals surface area contributed by atoms with Crippen LogP contribution in [0.4, 0.5) is 0 Å². The van der Waals surface area contributed by atoms with Gasteiger partial charge in [0, 0.05) is 18.2 Å². The monoisotopic (exact) mass is 458 g/mol. The lowest BCUT2D eigenvalue weighted by atomic mass is 10.3. The van der Waals surface area contributed by atoms with E-state index in [4.69, 9.17) is 18.9 Å². The summed E-state index contributed by atoms with van der Waals surface area (Å²) in [4.78, 5) is 16.9. The van der Waals surface area contributed by atoms with Crippen LogP contribution in [0.25, 0.3) is 22.1 Å². The third-order valence-electron chi connectivity index (χ3n) is 3.95. The van der Waals surface area contributed by atoms with E-state index in [-0.39, 0.29) is 0 Å². The maximum atomic E-state index is 5.14. The van der Waals surface area contributed by atoms with Crippen LogP contribution in [0.5, 0.6) is 23.3 Å². The highest BCUT2D eigenvalue weighted by atomic mass is 79.9. The van der Waals surface area contributed by atoms with Crippen LogP contribution in [0.2, 0.25) is 0 Å². The molecule has 9 heteroatoms. The normalized spacial score (nSPS) is 10.2. The first-order chi connectivity index (χ1) is 14.1. The Hall–Kier alpha value is -3.20. The van der Waals surface area contributed by atoms with Crippen molar-refractivity contribution in [3.63, 3.8) is 0 Å². The zero-order valence-electron chi connectivity index (χ0n) is 16.3. The predicted octanol–water partition coefficient (Wildman–Crippen LogP) is 4.06. The van der Waals surface area contributed by atoms with Crippen molar-refractivity contribution in [1.82, 2.24) is 19.9 Å². The van der Waals surface area contributed by atoms with Gasteiger partial charge in [-0.1, -0.05) is 0 Å². The summed E-state index contributed by atoms with van der Waals surface area (Å²) < 4.78 is 21.0. The van der Waals surface area contributed by atoms with Gasteiger partial charge in [0.1, 0.15) is 11.3 Å². The molecule has 0 aliphatic heterocycles. The number of nitrogens with zero attached hydrogens (tertiary/aromatic N) is 4. The molecule has 4 aromatic heterocycles. The lowest BCUT2D eigenvalue weighted by Crippen LogP contribution is -1.92. The molecule has 0 saturated heterocycles. The van der Waals surface area contributed by atoms with Gasteiger partial charge in [-0.15, -0.1) is 0 Å². The second kappa shape index (κ2) is 9.33. The molecule has 0 spiro atoms. The molecule has 8 nitrogen and oxygen atoms in total. The van der Waals surface area contributed by atoms with Crippen molar-refractivity contribution in [2.45, 2.75) is 0 Å². The van der Waals surface area contributed by atoms with Gasteiger partial charge in [0.15, 0.2) is 5.75 Å². The summed E-state index contributed by atoms with van der Waals surface area (Å²) in [6.45, 7) is 0. The van der Waals surface area contributed by atoms with E-state index in [1.54, 1.807) is 53.0 Å². The number of fused-ring (bicyclic) bond motifs is 2. The Bertz CT molecular complexity index is 1100. The molecular formula is C20H19BrN4O4. The number of pyridine rings is 4. The Balaban J connectivity index is 0.000000166. The van der Waals surface area contributed by atoms with E-state index >= 15 is 0 Å². The Morgan fingerprint density at radius 3 is 2.00 bits per heavy atom. The van der Waals surface area contributed by atoms with Crippen LogP contribution in [0.3, 0.4) is 0 Å². The zero-order chi connectivity index (χ0) is 20.8. The molecule has 0 aliphatic rings. The van der Waals surface area contributed by atoms with E-state index in [1.807, 2.05) is 18.2 Å². The highest BCUT2D eigenvalue weighted by molar-refractivity contribution is 9.10. The smallest absolute Gasteiger partial charge is 0.213 e. The van der Waals surface area contributed by atoms with Crippen LogP contribution < -0.4 is 18.9 Å². The average Bonchev–Trinajstić information content (AvgIpc) is 2.78. The second-order valence-electron chi connectivity index (χ2n) is 5.63. The first-order valence-corrected chi connectivity index (χ1v) is 9.27. The number of methoxy groups -OCH3 is 4. The lowest BCUT2D eigenvalue weighted by Gasteiger charge is -2.06. The minimum atomic E-state index is 0.554. The quantitative estimate of drug-likeness (QED) is 0.452. The summed E-state index contributed by atoms with van der Waals surface area (Å²) in [5.41, 5.74) is 3.12. The first-order valence-electron chi connectivity index (χ1n) is 8.47. The molecule has 150 valence electrons. The second-order valence-corrected chi connectivity index (χ2v) is 6.42. The highest BCUT2D eigenvalue weighted by Gasteiger charge is 2.08. The summed E-state index contributed by atoms with van der Waals surface area (Å²) >= 11 is 3.42. The third-order valence-corrected chi connectivity index (χ3v) is 4.72. The minimum Gasteiger partial charge on any atom is -0.495 e. The molecule has 0 aliphatic carbocycles. The van der Waals surface area contributed by atoms with Gasteiger partial charge in [-0.3, -0.25) is 9.97 Å². The molecule has 0 fully saturated rings. The summed E-state index contributed by atoms with van der Waals surface area (Å²) in [6, 6.07) is 9.09. The highest BCUT2D eigenvalue weighted by Crippen LogP contribution is 2.31. The number of hydrogen-bond acceptors (Lipinski definition) is 8. The molecule has 4 heterocycles. The molecule has 0 atom stereocenters. The summed E-state index contributed by atoms with van der Waals surface area (Å²) in [5.74, 6) is 2.48. The van der Waals surface area contributed by atoms with Crippen molar-refractivity contribution >= 4 is 38.0 Å². The number of rotatable bonds is 4. The molecule has 0 amide bonds. The van der Waals surface area contributed by atoms with Crippen LogP contribution in [0.15, 0.2) is 47.2 Å². The van der Waals surface area contributed by atoms with Gasteiger partial charge in [-0.05, 0) is 28.1 Å². The first kappa shape index (κ1) is 20.5. The van der Waals surface area contributed by atoms with Crippen LogP contribution in [0.1, 0.15) is 0 Å². The third kappa shape index (κ3) is 4.62. The van der Waals surface area contributed by atoms with Crippen LogP contribution in [-0.4, -0.2) is 48.4 Å². The van der Waals surface area contributed by atoms with Gasteiger partial charge >= 0.3 is 0 Å². The van der Waals surface area contributed by atoms with Crippen molar-refractivity contribution in [1.29, 1.82) is 0 Å². The van der Waals surface area contributed by atoms with Crippen molar-refractivity contribution < 1.29 is 18.9 Å². The fraction of sp³-hybridized carbons (Fsp3) is 0.200. The Labute approximate surface area is 176 Å². The van der Waals surface area contributed by atoms with Crippen molar-refractivity contribution in [3.05, 3.63) is 47.2 Å². The van der Waals surface area contributed by atoms with Gasteiger partial charge < -0.3 is 18.9 Å². The predicted molar refractivity (Wildman–Crippen MR) is 113 cm³/mol. The van der Waals surface area contributed by atoms with Gasteiger partial charge in [0.25, 0.3) is 0 Å². The van der Waals surface area contributed by atoms with Gasteiger partial charge in [-0.25, -0.2) is 9.97 Å². The molecule has 0 saturated carbocycles. The number of ether oxygens (including phenoxy) is 4. The van der Waals surface area contributed by atoms with Crippen LogP contribution >= 0.6 is 15.9 Å². The van der Waals surface area contributed by atoms with Gasteiger partial charge in [0.2, 0.25) is 11.8 Å². The fourth-order valence-electron chi connectivity index (χ4n) is 2.45. The molecule has 0 bridgehead atoms. The molecule has 4 rings (SSSR count). The topological polar surface area (TPSA) is 88.5 Å². The fourth-order valence-corrected chi connectivity index (χ4v) is 3.01. The minimum absolute atomic E-state index is 0.554. The zero-order valence-corrected chi connectivity index (χ0v) is 17.9. The standard InChI is InChI=1S/C10H9BrN2O2.C10H10N2O2/c1-14-7-5-12-6-3-4-8(15-2)13-10(6)9(7)11;1-13-7-5-9-8(11-6-7)3-4-10(12-9)14-2/h3-5H,1-2H3;3-6H,1-2H3. The summed E-state index contributed by atoms with van der Waals surface area (Å²) in [6.07, 6.45) is 3.32. The number of aromatic nitrogens is 4. The van der Waals surface area contributed by atoms with E-state index in [9.17, 15) is 0 Å². The molecule has 0 N–H and O–H groups in total. The Morgan fingerprint density at radius 1 is 0.690 bits per heavy atom. The summed E-state index contributed by atoms with van der Waals surface area (Å²) in [5, 5.41) is 0. The van der Waals surface area contributed by atoms with Gasteiger partial charge in [0.05, 0.1) is 61.9 Å². The number of halogens is 1. The van der Waals surface area contributed by atoms with E-state index in [0.29, 0.717) is 23.3 Å². The maximum absolute atomic E-state index is 5.14. The molecule has 4 aromatic rings. The number of hydrogen-bond donors (Lipinski definition) is 0. The summed E-state index contributed by atoms with van der Waals surface area (Å²) in [7, 11) is 6.36. The average molecular weight is 459 g/mol.